The predicted molar refractivity (Wildman–Crippen MR) is 115 cm³/mol. The number of nitrogens with zero attached hydrogens (tertiary/aromatic N) is 1. The number of aliphatic hydroxyl groups excluding tert-OH is 1. The van der Waals surface area contributed by atoms with E-state index >= 15 is 0 Å². The summed E-state index contributed by atoms with van der Waals surface area (Å²) in [4.78, 5) is 27.8. The molecule has 0 spiro atoms. The van der Waals surface area contributed by atoms with Crippen molar-refractivity contribution in [2.45, 2.75) is 51.1 Å². The normalized spacial score (nSPS) is 21.5. The molecule has 2 aromatic carbocycles. The molecule has 1 unspecified atom stereocenters. The topological polar surface area (TPSA) is 66.8 Å². The van der Waals surface area contributed by atoms with Crippen LogP contribution in [0.1, 0.15) is 56.2 Å². The molecule has 162 valence electrons. The molecule has 0 radical (unpaired) electrons. The maximum Gasteiger partial charge on any atom is 0.295 e. The number of halogens is 1. The second kappa shape index (κ2) is 8.92. The Morgan fingerprint density at radius 3 is 2.29 bits per heavy atom. The van der Waals surface area contributed by atoms with Crippen molar-refractivity contribution in [2.24, 2.45) is 0 Å². The van der Waals surface area contributed by atoms with Crippen molar-refractivity contribution in [3.63, 3.8) is 0 Å². The van der Waals surface area contributed by atoms with Gasteiger partial charge in [-0.3, -0.25) is 9.59 Å². The number of carbonyl (C=O) groups is 2. The van der Waals surface area contributed by atoms with Crippen LogP contribution in [-0.4, -0.2) is 34.3 Å². The molecule has 31 heavy (non-hydrogen) atoms. The summed E-state index contributed by atoms with van der Waals surface area (Å²) in [6, 6.07) is 11.8. The number of carbonyl (C=O) groups excluding carboxylic acids is 2. The van der Waals surface area contributed by atoms with Gasteiger partial charge >= 0.3 is 0 Å². The Bertz CT molecular complexity index is 991. The quantitative estimate of drug-likeness (QED) is 0.419. The molecule has 1 amide bonds. The Labute approximate surface area is 181 Å². The Morgan fingerprint density at radius 2 is 1.68 bits per heavy atom. The van der Waals surface area contributed by atoms with Crippen LogP contribution in [0, 0.1) is 5.82 Å². The first-order valence-electron chi connectivity index (χ1n) is 10.8. The fourth-order valence-corrected chi connectivity index (χ4v) is 4.59. The smallest absolute Gasteiger partial charge is 0.295 e. The predicted octanol–water partition coefficient (Wildman–Crippen LogP) is 4.98. The first-order valence-corrected chi connectivity index (χ1v) is 10.8. The third-order valence-corrected chi connectivity index (χ3v) is 6.07. The second-order valence-corrected chi connectivity index (χ2v) is 8.01. The zero-order valence-electron chi connectivity index (χ0n) is 17.5. The van der Waals surface area contributed by atoms with E-state index in [1.165, 1.54) is 24.3 Å². The summed E-state index contributed by atoms with van der Waals surface area (Å²) in [7, 11) is 0. The number of ketones is 1. The van der Waals surface area contributed by atoms with Gasteiger partial charge in [-0.1, -0.05) is 31.4 Å². The van der Waals surface area contributed by atoms with E-state index in [4.69, 9.17) is 4.74 Å². The maximum absolute atomic E-state index is 13.4. The third kappa shape index (κ3) is 4.07. The van der Waals surface area contributed by atoms with Gasteiger partial charge in [-0.25, -0.2) is 4.39 Å². The molecule has 1 heterocycles. The van der Waals surface area contributed by atoms with Gasteiger partial charge in [0.05, 0.1) is 18.2 Å². The number of hydrogen-bond acceptors (Lipinski definition) is 4. The van der Waals surface area contributed by atoms with E-state index in [0.717, 1.165) is 37.7 Å². The van der Waals surface area contributed by atoms with Crippen LogP contribution in [0.15, 0.2) is 54.1 Å². The van der Waals surface area contributed by atoms with Gasteiger partial charge in [-0.05, 0) is 61.7 Å². The first-order chi connectivity index (χ1) is 15.0. The lowest BCUT2D eigenvalue weighted by atomic mass is 9.91. The Balaban J connectivity index is 1.83. The van der Waals surface area contributed by atoms with E-state index in [2.05, 4.69) is 0 Å². The number of likely N-dealkylation sites (tertiary alicyclic amines) is 1. The molecule has 1 saturated carbocycles. The zero-order valence-corrected chi connectivity index (χ0v) is 17.5. The number of ether oxygens (including phenoxy) is 1. The Hall–Kier alpha value is -3.15. The van der Waals surface area contributed by atoms with Gasteiger partial charge in [0, 0.05) is 11.6 Å². The first kappa shape index (κ1) is 21.1. The number of rotatable bonds is 5. The molecular weight excluding hydrogens is 397 g/mol. The molecular formula is C25H26FNO4. The summed E-state index contributed by atoms with van der Waals surface area (Å²) >= 11 is 0. The summed E-state index contributed by atoms with van der Waals surface area (Å²) in [5.74, 6) is -1.32. The summed E-state index contributed by atoms with van der Waals surface area (Å²) in [6.45, 7) is 2.43. The van der Waals surface area contributed by atoms with Crippen LogP contribution in [0.5, 0.6) is 5.75 Å². The van der Waals surface area contributed by atoms with Crippen molar-refractivity contribution in [3.05, 3.63) is 71.0 Å². The molecule has 2 aromatic rings. The highest BCUT2D eigenvalue weighted by atomic mass is 19.1. The van der Waals surface area contributed by atoms with Crippen LogP contribution in [0.25, 0.3) is 5.76 Å². The monoisotopic (exact) mass is 423 g/mol. The fourth-order valence-electron chi connectivity index (χ4n) is 4.59. The standard InChI is InChI=1S/C25H26FNO4/c1-2-31-20-14-10-16(11-15-20)22-21(23(28)17-8-12-18(26)13-9-17)24(29)25(30)27(22)19-6-4-3-5-7-19/h8-15,19,22,28H,2-7H2,1H3/b23-21-. The van der Waals surface area contributed by atoms with Crippen molar-refractivity contribution >= 4 is 17.4 Å². The van der Waals surface area contributed by atoms with E-state index in [1.807, 2.05) is 19.1 Å². The number of benzene rings is 2. The minimum Gasteiger partial charge on any atom is -0.507 e. The molecule has 1 atom stereocenters. The molecule has 0 bridgehead atoms. The van der Waals surface area contributed by atoms with Crippen LogP contribution >= 0.6 is 0 Å². The van der Waals surface area contributed by atoms with Gasteiger partial charge in [0.1, 0.15) is 17.3 Å². The Morgan fingerprint density at radius 1 is 1.03 bits per heavy atom. The highest BCUT2D eigenvalue weighted by Crippen LogP contribution is 2.43. The van der Waals surface area contributed by atoms with Crippen LogP contribution in [0.3, 0.4) is 0 Å². The molecule has 6 heteroatoms. The lowest BCUT2D eigenvalue weighted by molar-refractivity contribution is -0.141. The fraction of sp³-hybridized carbons (Fsp3) is 0.360. The highest BCUT2D eigenvalue weighted by molar-refractivity contribution is 6.46. The van der Waals surface area contributed by atoms with Crippen molar-refractivity contribution in [3.8, 4) is 5.75 Å². The minimum absolute atomic E-state index is 0.0475. The van der Waals surface area contributed by atoms with Gasteiger partial charge in [0.25, 0.3) is 11.7 Å². The molecule has 1 saturated heterocycles. The molecule has 1 N–H and O–H groups in total. The summed E-state index contributed by atoms with van der Waals surface area (Å²) < 4.78 is 18.9. The lowest BCUT2D eigenvalue weighted by Gasteiger charge is -2.35. The van der Waals surface area contributed by atoms with E-state index in [9.17, 15) is 19.1 Å². The van der Waals surface area contributed by atoms with Crippen molar-refractivity contribution in [2.75, 3.05) is 6.61 Å². The number of hydrogen-bond donors (Lipinski definition) is 1. The zero-order chi connectivity index (χ0) is 22.0. The van der Waals surface area contributed by atoms with Gasteiger partial charge in [0.15, 0.2) is 0 Å². The van der Waals surface area contributed by atoms with E-state index in [-0.39, 0.29) is 17.4 Å². The van der Waals surface area contributed by atoms with Crippen LogP contribution in [0.4, 0.5) is 4.39 Å². The number of amides is 1. The molecule has 2 fully saturated rings. The minimum atomic E-state index is -0.703. The van der Waals surface area contributed by atoms with Gasteiger partial charge in [-0.15, -0.1) is 0 Å². The Kier molecular flexibility index (Phi) is 6.07. The largest absolute Gasteiger partial charge is 0.507 e. The van der Waals surface area contributed by atoms with E-state index in [0.29, 0.717) is 17.9 Å². The number of aliphatic hydroxyl groups is 1. The SMILES string of the molecule is CCOc1ccc(C2/C(=C(/O)c3ccc(F)cc3)C(=O)C(=O)N2C2CCCCC2)cc1. The van der Waals surface area contributed by atoms with Gasteiger partial charge < -0.3 is 14.7 Å². The van der Waals surface area contributed by atoms with Gasteiger partial charge in [-0.2, -0.15) is 0 Å². The summed E-state index contributed by atoms with van der Waals surface area (Å²) in [5, 5.41) is 11.0. The highest BCUT2D eigenvalue weighted by Gasteiger charge is 2.48. The molecule has 4 rings (SSSR count). The molecule has 2 aliphatic rings. The van der Waals surface area contributed by atoms with Crippen LogP contribution < -0.4 is 4.74 Å². The van der Waals surface area contributed by atoms with E-state index in [1.54, 1.807) is 17.0 Å². The summed E-state index contributed by atoms with van der Waals surface area (Å²) in [5.41, 5.74) is 1.09. The summed E-state index contributed by atoms with van der Waals surface area (Å²) in [6.07, 6.45) is 4.78. The second-order valence-electron chi connectivity index (χ2n) is 8.01. The van der Waals surface area contributed by atoms with Crippen molar-refractivity contribution in [1.29, 1.82) is 0 Å². The number of Topliss-reactive ketones (excluding diaryl/α,β-unsaturated/α-hetero) is 1. The molecule has 1 aliphatic heterocycles. The molecule has 1 aliphatic carbocycles. The average molecular weight is 423 g/mol. The van der Waals surface area contributed by atoms with E-state index < -0.39 is 23.5 Å². The lowest BCUT2D eigenvalue weighted by Crippen LogP contribution is -2.40. The van der Waals surface area contributed by atoms with Gasteiger partial charge in [0.2, 0.25) is 0 Å². The molecule has 5 nitrogen and oxygen atoms in total. The third-order valence-electron chi connectivity index (χ3n) is 6.07. The maximum atomic E-state index is 13.4. The van der Waals surface area contributed by atoms with Crippen molar-refractivity contribution < 1.29 is 23.8 Å². The average Bonchev–Trinajstić information content (AvgIpc) is 3.06. The van der Waals surface area contributed by atoms with Crippen LogP contribution in [0.2, 0.25) is 0 Å². The van der Waals surface area contributed by atoms with Crippen molar-refractivity contribution in [1.82, 2.24) is 4.90 Å². The van der Waals surface area contributed by atoms with Crippen LogP contribution in [-0.2, 0) is 9.59 Å². The molecule has 0 aromatic heterocycles.